The SMILES string of the molecule is O=S(=O)(OC(CC(F)(F)F)(CC(F)(F)F)C(F)(F)F)OC(CC(F)(F)F)(CC(F)(F)F)C(F)(F)F. The molecule has 0 rings (SSSR count). The maximum Gasteiger partial charge on any atom is 0.419 e. The van der Waals surface area contributed by atoms with Crippen molar-refractivity contribution in [3.8, 4) is 0 Å². The van der Waals surface area contributed by atoms with Crippen molar-refractivity contribution in [3.05, 3.63) is 0 Å². The largest absolute Gasteiger partial charge is 0.419 e. The Hall–Kier alpha value is -1.39. The minimum absolute atomic E-state index is 2.57. The highest BCUT2D eigenvalue weighted by molar-refractivity contribution is 7.82. The highest BCUT2D eigenvalue weighted by Gasteiger charge is 2.70. The fraction of sp³-hybridized carbons (Fsp3) is 1.00. The second kappa shape index (κ2) is 9.49. The molecule has 212 valence electrons. The zero-order valence-corrected chi connectivity index (χ0v) is 16.5. The summed E-state index contributed by atoms with van der Waals surface area (Å²) in [5.74, 6) is 0. The Bertz CT molecular complexity index is 715. The second-order valence-corrected chi connectivity index (χ2v) is 7.88. The third kappa shape index (κ3) is 11.0. The molecule has 23 heteroatoms. The lowest BCUT2D eigenvalue weighted by Crippen LogP contribution is -2.57. The average molecular weight is 590 g/mol. The van der Waals surface area contributed by atoms with E-state index in [0.717, 1.165) is 0 Å². The summed E-state index contributed by atoms with van der Waals surface area (Å²) in [6, 6.07) is 0. The summed E-state index contributed by atoms with van der Waals surface area (Å²) in [5.41, 5.74) is -12.2. The predicted octanol–water partition coefficient (Wildman–Crippen LogP) is 6.68. The van der Waals surface area contributed by atoms with Gasteiger partial charge in [0, 0.05) is 0 Å². The molecule has 0 bridgehead atoms. The second-order valence-electron chi connectivity index (χ2n) is 6.73. The molecular formula is C12H8F18O4S. The van der Waals surface area contributed by atoms with Crippen molar-refractivity contribution in [1.82, 2.24) is 0 Å². The predicted molar refractivity (Wildman–Crippen MR) is 71.3 cm³/mol. The Balaban J connectivity index is 6.96. The van der Waals surface area contributed by atoms with E-state index < -0.39 is 84.3 Å². The highest BCUT2D eigenvalue weighted by Crippen LogP contribution is 2.52. The monoisotopic (exact) mass is 590 g/mol. The van der Waals surface area contributed by atoms with E-state index in [-0.39, 0.29) is 0 Å². The molecule has 0 unspecified atom stereocenters. The first-order valence-electron chi connectivity index (χ1n) is 7.81. The number of hydrogen-bond acceptors (Lipinski definition) is 4. The quantitative estimate of drug-likeness (QED) is 0.297. The topological polar surface area (TPSA) is 52.6 Å². The van der Waals surface area contributed by atoms with E-state index in [1.807, 2.05) is 0 Å². The molecule has 0 amide bonds. The Morgan fingerprint density at radius 2 is 0.571 bits per heavy atom. The van der Waals surface area contributed by atoms with Crippen molar-refractivity contribution in [2.75, 3.05) is 0 Å². The van der Waals surface area contributed by atoms with Gasteiger partial charge in [0.05, 0.1) is 25.7 Å². The molecule has 0 aliphatic heterocycles. The maximum absolute atomic E-state index is 13.1. The van der Waals surface area contributed by atoms with Gasteiger partial charge in [0.1, 0.15) is 0 Å². The third-order valence-electron chi connectivity index (χ3n) is 3.50. The summed E-state index contributed by atoms with van der Waals surface area (Å²) < 4.78 is 258. The van der Waals surface area contributed by atoms with Gasteiger partial charge in [-0.3, -0.25) is 0 Å². The Morgan fingerprint density at radius 3 is 0.686 bits per heavy atom. The molecule has 0 heterocycles. The van der Waals surface area contributed by atoms with E-state index in [2.05, 4.69) is 8.37 Å². The van der Waals surface area contributed by atoms with Crippen LogP contribution in [0, 0.1) is 0 Å². The van der Waals surface area contributed by atoms with Gasteiger partial charge in [-0.05, 0) is 0 Å². The van der Waals surface area contributed by atoms with Gasteiger partial charge in [-0.2, -0.15) is 87.4 Å². The van der Waals surface area contributed by atoms with Gasteiger partial charge in [0.2, 0.25) is 11.2 Å². The van der Waals surface area contributed by atoms with Crippen molar-refractivity contribution < 1.29 is 95.8 Å². The van der Waals surface area contributed by atoms with Crippen molar-refractivity contribution >= 4 is 10.4 Å². The molecule has 0 aromatic heterocycles. The van der Waals surface area contributed by atoms with Gasteiger partial charge in [-0.1, -0.05) is 0 Å². The van der Waals surface area contributed by atoms with Crippen LogP contribution in [0.5, 0.6) is 0 Å². The van der Waals surface area contributed by atoms with Crippen molar-refractivity contribution in [2.45, 2.75) is 73.9 Å². The first kappa shape index (κ1) is 33.6. The molecule has 0 aromatic rings. The van der Waals surface area contributed by atoms with Crippen molar-refractivity contribution in [2.24, 2.45) is 0 Å². The van der Waals surface area contributed by atoms with Crippen LogP contribution in [0.15, 0.2) is 0 Å². The first-order chi connectivity index (χ1) is 14.7. The molecule has 0 radical (unpaired) electrons. The molecule has 0 saturated carbocycles. The third-order valence-corrected chi connectivity index (χ3v) is 4.55. The standard InChI is InChI=1S/C12H8F18O4S/c13-7(14,15)1-5(11(25,26)27,2-8(16,17)18)33-35(31,32)34-6(12(28,29)30,3-9(19,20)21)4-10(22,23)24/h1-4H2. The maximum atomic E-state index is 13.1. The minimum atomic E-state index is -7.79. The van der Waals surface area contributed by atoms with E-state index in [9.17, 15) is 87.4 Å². The van der Waals surface area contributed by atoms with E-state index in [1.165, 1.54) is 0 Å². The Kier molecular flexibility index (Phi) is 9.11. The van der Waals surface area contributed by atoms with Crippen LogP contribution in [0.1, 0.15) is 25.7 Å². The summed E-state index contributed by atoms with van der Waals surface area (Å²) in [6.45, 7) is 0. The molecule has 0 aromatic carbocycles. The van der Waals surface area contributed by atoms with E-state index >= 15 is 0 Å². The van der Waals surface area contributed by atoms with Crippen LogP contribution in [-0.4, -0.2) is 56.7 Å². The van der Waals surface area contributed by atoms with Gasteiger partial charge in [0.25, 0.3) is 0 Å². The number of halogens is 18. The van der Waals surface area contributed by atoms with Gasteiger partial charge < -0.3 is 0 Å². The van der Waals surface area contributed by atoms with Gasteiger partial charge in [-0.25, -0.2) is 8.37 Å². The lowest BCUT2D eigenvalue weighted by molar-refractivity contribution is -0.323. The van der Waals surface area contributed by atoms with Crippen LogP contribution in [0.25, 0.3) is 0 Å². The first-order valence-corrected chi connectivity index (χ1v) is 9.14. The summed E-state index contributed by atoms with van der Waals surface area (Å²) in [4.78, 5) is 0. The molecule has 0 spiro atoms. The fourth-order valence-electron chi connectivity index (χ4n) is 2.44. The summed E-state index contributed by atoms with van der Waals surface area (Å²) in [7, 11) is -7.79. The zero-order valence-electron chi connectivity index (χ0n) is 15.7. The van der Waals surface area contributed by atoms with Crippen molar-refractivity contribution in [1.29, 1.82) is 0 Å². The Morgan fingerprint density at radius 1 is 0.400 bits per heavy atom. The van der Waals surface area contributed by atoms with Crippen molar-refractivity contribution in [3.63, 3.8) is 0 Å². The summed E-state index contributed by atoms with van der Waals surface area (Å²) in [5, 5.41) is 0. The molecule has 0 atom stereocenters. The van der Waals surface area contributed by atoms with Crippen LogP contribution in [0.3, 0.4) is 0 Å². The van der Waals surface area contributed by atoms with Crippen LogP contribution in [0.4, 0.5) is 79.0 Å². The Labute approximate surface area is 181 Å². The smallest absolute Gasteiger partial charge is 0.231 e. The van der Waals surface area contributed by atoms with E-state index in [4.69, 9.17) is 0 Å². The normalized spacial score (nSPS) is 16.1. The van der Waals surface area contributed by atoms with Gasteiger partial charge >= 0.3 is 47.5 Å². The highest BCUT2D eigenvalue weighted by atomic mass is 32.3. The van der Waals surface area contributed by atoms with Gasteiger partial charge in [-0.15, -0.1) is 0 Å². The lowest BCUT2D eigenvalue weighted by atomic mass is 9.94. The molecule has 0 saturated heterocycles. The molecule has 4 nitrogen and oxygen atoms in total. The number of rotatable bonds is 8. The van der Waals surface area contributed by atoms with E-state index in [0.29, 0.717) is 0 Å². The molecule has 0 aliphatic rings. The number of alkyl halides is 18. The van der Waals surface area contributed by atoms with Crippen LogP contribution < -0.4 is 0 Å². The molecular weight excluding hydrogens is 582 g/mol. The van der Waals surface area contributed by atoms with Crippen LogP contribution in [0.2, 0.25) is 0 Å². The average Bonchev–Trinajstić information content (AvgIpc) is 2.34. The molecule has 0 N–H and O–H groups in total. The minimum Gasteiger partial charge on any atom is -0.231 e. The van der Waals surface area contributed by atoms with Gasteiger partial charge in [0.15, 0.2) is 0 Å². The molecule has 0 fully saturated rings. The summed E-state index contributed by atoms with van der Waals surface area (Å²) in [6.07, 6.45) is -55.8. The summed E-state index contributed by atoms with van der Waals surface area (Å²) >= 11 is 0. The zero-order chi connectivity index (χ0) is 28.7. The number of hydrogen-bond donors (Lipinski definition) is 0. The fourth-order valence-corrected chi connectivity index (χ4v) is 3.68. The van der Waals surface area contributed by atoms with E-state index in [1.54, 1.807) is 0 Å². The lowest BCUT2D eigenvalue weighted by Gasteiger charge is -2.38. The molecule has 35 heavy (non-hydrogen) atoms. The van der Waals surface area contributed by atoms with Crippen LogP contribution in [-0.2, 0) is 18.8 Å². The van der Waals surface area contributed by atoms with Crippen LogP contribution >= 0.6 is 0 Å². The molecule has 0 aliphatic carbocycles.